The predicted molar refractivity (Wildman–Crippen MR) is 71.4 cm³/mol. The third-order valence-electron chi connectivity index (χ3n) is 2.52. The fraction of sp³-hybridized carbons (Fsp3) is 0.417. The SMILES string of the molecule is COCCNc1cc(C(=O)OC)cc(OC(F)F)c1[N+](=O)[O-]. The Hall–Kier alpha value is -2.49. The van der Waals surface area contributed by atoms with Gasteiger partial charge in [0.25, 0.3) is 0 Å². The zero-order valence-corrected chi connectivity index (χ0v) is 11.8. The number of alkyl halides is 2. The molecule has 0 fully saturated rings. The van der Waals surface area contributed by atoms with Gasteiger partial charge in [0.1, 0.15) is 5.69 Å². The van der Waals surface area contributed by atoms with Crippen molar-refractivity contribution in [1.29, 1.82) is 0 Å². The third-order valence-corrected chi connectivity index (χ3v) is 2.52. The number of carbonyl (C=O) groups is 1. The highest BCUT2D eigenvalue weighted by Crippen LogP contribution is 2.37. The summed E-state index contributed by atoms with van der Waals surface area (Å²) >= 11 is 0. The number of nitrogens with zero attached hydrogens (tertiary/aromatic N) is 1. The summed E-state index contributed by atoms with van der Waals surface area (Å²) in [6, 6.07) is 1.95. The number of nitrogens with one attached hydrogen (secondary N) is 1. The number of ether oxygens (including phenoxy) is 3. The van der Waals surface area contributed by atoms with Crippen molar-refractivity contribution in [3.8, 4) is 5.75 Å². The van der Waals surface area contributed by atoms with E-state index in [0.29, 0.717) is 0 Å². The van der Waals surface area contributed by atoms with Crippen molar-refractivity contribution in [3.63, 3.8) is 0 Å². The van der Waals surface area contributed by atoms with Gasteiger partial charge in [0.05, 0.1) is 24.2 Å². The number of nitro groups is 1. The molecule has 0 heterocycles. The number of hydrogen-bond donors (Lipinski definition) is 1. The maximum Gasteiger partial charge on any atom is 0.387 e. The first-order valence-corrected chi connectivity index (χ1v) is 5.99. The Balaban J connectivity index is 3.34. The van der Waals surface area contributed by atoms with Crippen molar-refractivity contribution in [3.05, 3.63) is 27.8 Å². The Morgan fingerprint density at radius 1 is 1.41 bits per heavy atom. The van der Waals surface area contributed by atoms with Gasteiger partial charge in [0.2, 0.25) is 5.75 Å². The molecule has 0 aliphatic rings. The summed E-state index contributed by atoms with van der Waals surface area (Å²) in [7, 11) is 2.52. The van der Waals surface area contributed by atoms with Crippen molar-refractivity contribution in [2.24, 2.45) is 0 Å². The van der Waals surface area contributed by atoms with Gasteiger partial charge in [0.15, 0.2) is 0 Å². The maximum absolute atomic E-state index is 12.4. The molecule has 1 aromatic rings. The topological polar surface area (TPSA) is 99.9 Å². The summed E-state index contributed by atoms with van der Waals surface area (Å²) in [4.78, 5) is 21.7. The van der Waals surface area contributed by atoms with E-state index < -0.39 is 28.9 Å². The van der Waals surface area contributed by atoms with Crippen LogP contribution < -0.4 is 10.1 Å². The molecular weight excluding hydrogens is 306 g/mol. The molecule has 122 valence electrons. The molecule has 0 saturated carbocycles. The van der Waals surface area contributed by atoms with E-state index in [1.807, 2.05) is 0 Å². The summed E-state index contributed by atoms with van der Waals surface area (Å²) < 4.78 is 38.2. The van der Waals surface area contributed by atoms with Crippen LogP contribution in [0.15, 0.2) is 12.1 Å². The van der Waals surface area contributed by atoms with Crippen LogP contribution in [0.5, 0.6) is 5.75 Å². The van der Waals surface area contributed by atoms with E-state index in [1.54, 1.807) is 0 Å². The van der Waals surface area contributed by atoms with Gasteiger partial charge >= 0.3 is 18.3 Å². The molecule has 0 saturated heterocycles. The minimum absolute atomic E-state index is 0.152. The zero-order valence-electron chi connectivity index (χ0n) is 11.8. The number of halogens is 2. The van der Waals surface area contributed by atoms with E-state index in [4.69, 9.17) is 4.74 Å². The molecule has 0 aromatic heterocycles. The molecule has 1 N–H and O–H groups in total. The average Bonchev–Trinajstić information content (AvgIpc) is 2.45. The molecule has 0 spiro atoms. The highest BCUT2D eigenvalue weighted by Gasteiger charge is 2.26. The Morgan fingerprint density at radius 2 is 2.09 bits per heavy atom. The Kier molecular flexibility index (Phi) is 6.45. The maximum atomic E-state index is 12.4. The number of hydrogen-bond acceptors (Lipinski definition) is 7. The summed E-state index contributed by atoms with van der Waals surface area (Å²) in [5.74, 6) is -1.58. The van der Waals surface area contributed by atoms with Gasteiger partial charge in [-0.3, -0.25) is 10.1 Å². The molecule has 10 heteroatoms. The number of nitro benzene ring substituents is 1. The largest absolute Gasteiger partial charge is 0.465 e. The molecular formula is C12H14F2N2O6. The molecule has 0 unspecified atom stereocenters. The Labute approximate surface area is 124 Å². The molecule has 8 nitrogen and oxygen atoms in total. The number of esters is 1. The van der Waals surface area contributed by atoms with E-state index in [-0.39, 0.29) is 24.4 Å². The molecule has 0 bridgehead atoms. The van der Waals surface area contributed by atoms with Crippen LogP contribution >= 0.6 is 0 Å². The fourth-order valence-corrected chi connectivity index (χ4v) is 1.64. The van der Waals surface area contributed by atoms with Gasteiger partial charge in [-0.25, -0.2) is 4.79 Å². The fourth-order valence-electron chi connectivity index (χ4n) is 1.64. The van der Waals surface area contributed by atoms with Crippen molar-refractivity contribution in [2.75, 3.05) is 32.7 Å². The van der Waals surface area contributed by atoms with Crippen molar-refractivity contribution in [1.82, 2.24) is 0 Å². The molecule has 0 radical (unpaired) electrons. The van der Waals surface area contributed by atoms with Crippen LogP contribution in [0.25, 0.3) is 0 Å². The molecule has 0 atom stereocenters. The van der Waals surface area contributed by atoms with Crippen molar-refractivity contribution in [2.45, 2.75) is 6.61 Å². The van der Waals surface area contributed by atoms with Gasteiger partial charge in [0, 0.05) is 19.7 Å². The van der Waals surface area contributed by atoms with Gasteiger partial charge in [-0.15, -0.1) is 0 Å². The lowest BCUT2D eigenvalue weighted by Gasteiger charge is -2.12. The van der Waals surface area contributed by atoms with Gasteiger partial charge in [-0.05, 0) is 6.07 Å². The lowest BCUT2D eigenvalue weighted by atomic mass is 10.1. The number of carbonyl (C=O) groups excluding carboxylic acids is 1. The summed E-state index contributed by atoms with van der Waals surface area (Å²) in [5, 5.41) is 13.7. The van der Waals surface area contributed by atoms with Crippen molar-refractivity contribution >= 4 is 17.3 Å². The summed E-state index contributed by atoms with van der Waals surface area (Å²) in [5.41, 5.74) is -1.02. The second-order valence-corrected chi connectivity index (χ2v) is 3.92. The number of rotatable bonds is 8. The van der Waals surface area contributed by atoms with E-state index >= 15 is 0 Å². The molecule has 0 aliphatic carbocycles. The van der Waals surface area contributed by atoms with E-state index in [1.165, 1.54) is 7.11 Å². The van der Waals surface area contributed by atoms with Crippen LogP contribution in [-0.2, 0) is 9.47 Å². The second-order valence-electron chi connectivity index (χ2n) is 3.92. The minimum Gasteiger partial charge on any atom is -0.465 e. The average molecular weight is 320 g/mol. The summed E-state index contributed by atoms with van der Waals surface area (Å²) in [6.07, 6.45) is 0. The molecule has 0 aliphatic heterocycles. The van der Waals surface area contributed by atoms with Crippen LogP contribution in [-0.4, -0.2) is 44.9 Å². The van der Waals surface area contributed by atoms with Gasteiger partial charge < -0.3 is 19.5 Å². The first-order valence-electron chi connectivity index (χ1n) is 5.99. The van der Waals surface area contributed by atoms with E-state index in [2.05, 4.69) is 14.8 Å². The lowest BCUT2D eigenvalue weighted by Crippen LogP contribution is -2.13. The second kappa shape index (κ2) is 8.08. The minimum atomic E-state index is -3.28. The van der Waals surface area contributed by atoms with E-state index in [9.17, 15) is 23.7 Å². The standard InChI is InChI=1S/C12H14F2N2O6/c1-20-4-3-15-8-5-7(11(17)21-2)6-9(22-12(13)14)10(8)16(18)19/h5-6,12,15H,3-4H2,1-2H3. The lowest BCUT2D eigenvalue weighted by molar-refractivity contribution is -0.385. The zero-order chi connectivity index (χ0) is 16.7. The molecule has 22 heavy (non-hydrogen) atoms. The smallest absolute Gasteiger partial charge is 0.387 e. The normalized spacial score (nSPS) is 10.4. The number of benzene rings is 1. The van der Waals surface area contributed by atoms with E-state index in [0.717, 1.165) is 19.2 Å². The summed E-state index contributed by atoms with van der Waals surface area (Å²) in [6.45, 7) is -2.90. The van der Waals surface area contributed by atoms with Crippen LogP contribution in [0.2, 0.25) is 0 Å². The number of anilines is 1. The number of methoxy groups -OCH3 is 2. The first-order chi connectivity index (χ1) is 10.4. The molecule has 1 aromatic carbocycles. The molecule has 1 rings (SSSR count). The Bertz CT molecular complexity index is 553. The Morgan fingerprint density at radius 3 is 2.59 bits per heavy atom. The van der Waals surface area contributed by atoms with Gasteiger partial charge in [-0.2, -0.15) is 8.78 Å². The third kappa shape index (κ3) is 4.52. The predicted octanol–water partition coefficient (Wildman–Crippen LogP) is 2.04. The van der Waals surface area contributed by atoms with Crippen molar-refractivity contribution < 1.29 is 32.7 Å². The van der Waals surface area contributed by atoms with Crippen LogP contribution in [0, 0.1) is 10.1 Å². The quantitative estimate of drug-likeness (QED) is 0.338. The van der Waals surface area contributed by atoms with Crippen LogP contribution in [0.3, 0.4) is 0 Å². The highest BCUT2D eigenvalue weighted by molar-refractivity contribution is 5.93. The van der Waals surface area contributed by atoms with Gasteiger partial charge in [-0.1, -0.05) is 0 Å². The van der Waals surface area contributed by atoms with Crippen LogP contribution in [0.1, 0.15) is 10.4 Å². The monoisotopic (exact) mass is 320 g/mol. The molecule has 0 amide bonds. The highest BCUT2D eigenvalue weighted by atomic mass is 19.3. The van der Waals surface area contributed by atoms with Crippen LogP contribution in [0.4, 0.5) is 20.2 Å². The first kappa shape index (κ1) is 17.6.